The number of aromatic nitrogens is 1. The topological polar surface area (TPSA) is 79.5 Å². The number of nitrogens with zero attached hydrogens (tertiary/aromatic N) is 1. The van der Waals surface area contributed by atoms with Crippen LogP contribution in [0.5, 0.6) is 0 Å². The number of aliphatic hydroxyl groups excluding tert-OH is 1. The second-order valence-corrected chi connectivity index (χ2v) is 7.07. The van der Waals surface area contributed by atoms with Gasteiger partial charge >= 0.3 is 0 Å². The van der Waals surface area contributed by atoms with Crippen molar-refractivity contribution in [3.63, 3.8) is 0 Å². The fourth-order valence-electron chi connectivity index (χ4n) is 2.95. The molecule has 0 spiro atoms. The van der Waals surface area contributed by atoms with E-state index in [0.29, 0.717) is 28.6 Å². The molecule has 126 valence electrons. The normalized spacial score (nSPS) is 13.3. The molecular formula is C18H19NO4S. The molecule has 0 aliphatic rings. The van der Waals surface area contributed by atoms with Gasteiger partial charge < -0.3 is 9.67 Å². The van der Waals surface area contributed by atoms with Crippen LogP contribution in [0.15, 0.2) is 59.5 Å². The maximum atomic E-state index is 12.1. The lowest BCUT2D eigenvalue weighted by molar-refractivity contribution is 0.152. The van der Waals surface area contributed by atoms with E-state index in [1.165, 1.54) is 0 Å². The Morgan fingerprint density at radius 3 is 2.29 bits per heavy atom. The number of benzene rings is 2. The second kappa shape index (κ2) is 6.39. The van der Waals surface area contributed by atoms with Crippen LogP contribution in [0.3, 0.4) is 0 Å². The van der Waals surface area contributed by atoms with Crippen LogP contribution in [0.1, 0.15) is 13.3 Å². The number of para-hydroxylation sites is 1. The third kappa shape index (κ3) is 2.96. The van der Waals surface area contributed by atoms with E-state index >= 15 is 0 Å². The fraction of sp³-hybridized carbons (Fsp3) is 0.222. The van der Waals surface area contributed by atoms with E-state index in [9.17, 15) is 18.1 Å². The van der Waals surface area contributed by atoms with Gasteiger partial charge in [0.2, 0.25) is 0 Å². The molecule has 0 bridgehead atoms. The summed E-state index contributed by atoms with van der Waals surface area (Å²) < 4.78 is 35.8. The predicted octanol–water partition coefficient (Wildman–Crippen LogP) is 3.33. The third-order valence-electron chi connectivity index (χ3n) is 4.09. The Kier molecular flexibility index (Phi) is 4.45. The zero-order chi connectivity index (χ0) is 17.3. The van der Waals surface area contributed by atoms with Crippen molar-refractivity contribution in [1.29, 1.82) is 0 Å². The Morgan fingerprint density at radius 2 is 1.67 bits per heavy atom. The van der Waals surface area contributed by atoms with Crippen LogP contribution < -0.4 is 0 Å². The van der Waals surface area contributed by atoms with Gasteiger partial charge in [0.15, 0.2) is 0 Å². The molecule has 3 aromatic rings. The Hall–Kier alpha value is -2.15. The van der Waals surface area contributed by atoms with Gasteiger partial charge in [0.05, 0.1) is 17.3 Å². The molecule has 1 aromatic heterocycles. The van der Waals surface area contributed by atoms with Gasteiger partial charge in [-0.2, -0.15) is 8.42 Å². The first-order valence-corrected chi connectivity index (χ1v) is 9.19. The van der Waals surface area contributed by atoms with E-state index in [4.69, 9.17) is 0 Å². The Morgan fingerprint density at radius 1 is 1.04 bits per heavy atom. The Balaban J connectivity index is 2.43. The summed E-state index contributed by atoms with van der Waals surface area (Å²) in [5, 5.41) is 10.6. The molecule has 0 aliphatic heterocycles. The lowest BCUT2D eigenvalue weighted by Crippen LogP contribution is -2.16. The maximum absolute atomic E-state index is 12.1. The highest BCUT2D eigenvalue weighted by Gasteiger charge is 2.27. The van der Waals surface area contributed by atoms with Crippen LogP contribution in [0.2, 0.25) is 0 Å². The molecule has 0 aliphatic carbocycles. The molecule has 2 N–H and O–H groups in total. The molecular weight excluding hydrogens is 326 g/mol. The standard InChI is InChI=1S/C18H19NO4S/c1-2-14(20)12-19-16-11-7-6-10-15(16)18(24(21,22)23)17(19)13-8-4-3-5-9-13/h3-11,14,20H,2,12H2,1H3,(H,21,22,23). The summed E-state index contributed by atoms with van der Waals surface area (Å²) in [5.41, 5.74) is 1.73. The van der Waals surface area contributed by atoms with Gasteiger partial charge in [-0.25, -0.2) is 0 Å². The number of hydrogen-bond donors (Lipinski definition) is 2. The smallest absolute Gasteiger partial charge is 0.297 e. The third-order valence-corrected chi connectivity index (χ3v) is 5.02. The molecule has 1 atom stereocenters. The molecule has 0 fully saturated rings. The quantitative estimate of drug-likeness (QED) is 0.695. The summed E-state index contributed by atoms with van der Waals surface area (Å²) >= 11 is 0. The van der Waals surface area contributed by atoms with Crippen molar-refractivity contribution in [1.82, 2.24) is 4.57 Å². The van der Waals surface area contributed by atoms with Crippen molar-refractivity contribution in [3.05, 3.63) is 54.6 Å². The largest absolute Gasteiger partial charge is 0.391 e. The van der Waals surface area contributed by atoms with Crippen LogP contribution in [-0.4, -0.2) is 28.7 Å². The maximum Gasteiger partial charge on any atom is 0.297 e. The molecule has 1 unspecified atom stereocenters. The first kappa shape index (κ1) is 16.7. The minimum atomic E-state index is -4.43. The first-order chi connectivity index (χ1) is 11.4. The van der Waals surface area contributed by atoms with Crippen LogP contribution in [0.4, 0.5) is 0 Å². The molecule has 0 saturated heterocycles. The SMILES string of the molecule is CCC(O)Cn1c(-c2ccccc2)c(S(=O)(=O)O)c2ccccc21. The van der Waals surface area contributed by atoms with E-state index in [2.05, 4.69) is 0 Å². The van der Waals surface area contributed by atoms with Crippen molar-refractivity contribution in [2.75, 3.05) is 0 Å². The molecule has 6 heteroatoms. The van der Waals surface area contributed by atoms with Crippen molar-refractivity contribution in [2.45, 2.75) is 30.9 Å². The zero-order valence-electron chi connectivity index (χ0n) is 13.3. The van der Waals surface area contributed by atoms with E-state index in [0.717, 1.165) is 0 Å². The van der Waals surface area contributed by atoms with Crippen LogP contribution in [0.25, 0.3) is 22.2 Å². The van der Waals surface area contributed by atoms with E-state index in [1.807, 2.05) is 13.0 Å². The average Bonchev–Trinajstić information content (AvgIpc) is 2.90. The highest BCUT2D eigenvalue weighted by molar-refractivity contribution is 7.86. The van der Waals surface area contributed by atoms with Crippen molar-refractivity contribution >= 4 is 21.0 Å². The second-order valence-electron chi connectivity index (χ2n) is 5.71. The summed E-state index contributed by atoms with van der Waals surface area (Å²) in [6.45, 7) is 2.11. The fourth-order valence-corrected chi connectivity index (χ4v) is 3.87. The number of hydrogen-bond acceptors (Lipinski definition) is 3. The van der Waals surface area contributed by atoms with Crippen LogP contribution in [-0.2, 0) is 16.7 Å². The van der Waals surface area contributed by atoms with Gasteiger partial charge in [-0.1, -0.05) is 55.5 Å². The van der Waals surface area contributed by atoms with Gasteiger partial charge in [-0.05, 0) is 18.1 Å². The Bertz CT molecular complexity index is 961. The van der Waals surface area contributed by atoms with Gasteiger partial charge in [0.25, 0.3) is 10.1 Å². The predicted molar refractivity (Wildman–Crippen MR) is 93.5 cm³/mol. The molecule has 5 nitrogen and oxygen atoms in total. The number of rotatable bonds is 5. The summed E-state index contributed by atoms with van der Waals surface area (Å²) in [5.74, 6) is 0. The van der Waals surface area contributed by atoms with Gasteiger partial charge in [0.1, 0.15) is 4.90 Å². The summed E-state index contributed by atoms with van der Waals surface area (Å²) in [7, 11) is -4.43. The van der Waals surface area contributed by atoms with E-state index in [-0.39, 0.29) is 11.4 Å². The number of aliphatic hydroxyl groups is 1. The molecule has 0 saturated carbocycles. The van der Waals surface area contributed by atoms with Crippen molar-refractivity contribution in [2.24, 2.45) is 0 Å². The average molecular weight is 345 g/mol. The summed E-state index contributed by atoms with van der Waals surface area (Å²) in [6.07, 6.45) is -0.0698. The summed E-state index contributed by atoms with van der Waals surface area (Å²) in [6, 6.07) is 16.0. The molecule has 1 heterocycles. The van der Waals surface area contributed by atoms with Gasteiger partial charge in [0, 0.05) is 11.9 Å². The van der Waals surface area contributed by atoms with Gasteiger partial charge in [-0.15, -0.1) is 0 Å². The van der Waals surface area contributed by atoms with Crippen molar-refractivity contribution in [3.8, 4) is 11.3 Å². The monoisotopic (exact) mass is 345 g/mol. The highest BCUT2D eigenvalue weighted by Crippen LogP contribution is 2.37. The lowest BCUT2D eigenvalue weighted by Gasteiger charge is -2.15. The first-order valence-electron chi connectivity index (χ1n) is 7.75. The molecule has 2 aromatic carbocycles. The number of fused-ring (bicyclic) bond motifs is 1. The highest BCUT2D eigenvalue weighted by atomic mass is 32.2. The molecule has 24 heavy (non-hydrogen) atoms. The van der Waals surface area contributed by atoms with Crippen LogP contribution >= 0.6 is 0 Å². The minimum absolute atomic E-state index is 0.118. The minimum Gasteiger partial charge on any atom is -0.391 e. The summed E-state index contributed by atoms with van der Waals surface area (Å²) in [4.78, 5) is -0.118. The zero-order valence-corrected chi connectivity index (χ0v) is 14.1. The lowest BCUT2D eigenvalue weighted by atomic mass is 10.1. The molecule has 0 radical (unpaired) electrons. The van der Waals surface area contributed by atoms with E-state index < -0.39 is 16.2 Å². The van der Waals surface area contributed by atoms with E-state index in [1.54, 1.807) is 53.1 Å². The van der Waals surface area contributed by atoms with Gasteiger partial charge in [-0.3, -0.25) is 4.55 Å². The Labute approximate surface area is 140 Å². The van der Waals surface area contributed by atoms with Crippen molar-refractivity contribution < 1.29 is 18.1 Å². The molecule has 0 amide bonds. The molecule has 3 rings (SSSR count). The van der Waals surface area contributed by atoms with Crippen LogP contribution in [0, 0.1) is 0 Å².